The average Bonchev–Trinajstić information content (AvgIpc) is 2.35. The first-order chi connectivity index (χ1) is 9.45. The molecule has 1 aromatic carbocycles. The second kappa shape index (κ2) is 5.75. The van der Waals surface area contributed by atoms with Crippen molar-refractivity contribution in [2.75, 3.05) is 18.0 Å². The summed E-state index contributed by atoms with van der Waals surface area (Å²) in [5.74, 6) is -1.89. The molecular weight excluding hydrogens is 284 g/mol. The first-order valence-electron chi connectivity index (χ1n) is 5.74. The van der Waals surface area contributed by atoms with Crippen molar-refractivity contribution < 1.29 is 19.5 Å². The minimum atomic E-state index is -1.09. The lowest BCUT2D eigenvalue weighted by molar-refractivity contribution is -0.132. The molecule has 20 heavy (non-hydrogen) atoms. The highest BCUT2D eigenvalue weighted by atomic mass is 35.5. The summed E-state index contributed by atoms with van der Waals surface area (Å²) in [6, 6.07) is 4.84. The molecule has 7 heteroatoms. The van der Waals surface area contributed by atoms with Crippen LogP contribution in [0, 0.1) is 0 Å². The zero-order valence-corrected chi connectivity index (χ0v) is 11.1. The zero-order valence-electron chi connectivity index (χ0n) is 10.3. The van der Waals surface area contributed by atoms with Gasteiger partial charge in [0.05, 0.1) is 13.1 Å². The summed E-state index contributed by atoms with van der Waals surface area (Å²) >= 11 is 5.88. The Bertz CT molecular complexity index is 596. The Labute approximate surface area is 119 Å². The number of nitrogens with zero attached hydrogens (tertiary/aromatic N) is 1. The van der Waals surface area contributed by atoms with E-state index in [1.807, 2.05) is 0 Å². The molecule has 0 unspecified atom stereocenters. The predicted octanol–water partition coefficient (Wildman–Crippen LogP) is 0.901. The van der Waals surface area contributed by atoms with Crippen molar-refractivity contribution in [2.45, 2.75) is 0 Å². The number of hydrogen-bond donors (Lipinski definition) is 2. The van der Waals surface area contributed by atoms with Gasteiger partial charge >= 0.3 is 5.97 Å². The maximum Gasteiger partial charge on any atom is 0.328 e. The lowest BCUT2D eigenvalue weighted by Crippen LogP contribution is -2.51. The van der Waals surface area contributed by atoms with E-state index in [-0.39, 0.29) is 13.1 Å². The number of piperazine rings is 1. The number of benzene rings is 1. The Morgan fingerprint density at radius 2 is 1.95 bits per heavy atom. The molecule has 0 aliphatic carbocycles. The van der Waals surface area contributed by atoms with Gasteiger partial charge in [0, 0.05) is 16.8 Å². The predicted molar refractivity (Wildman–Crippen MR) is 73.5 cm³/mol. The van der Waals surface area contributed by atoms with Gasteiger partial charge in [0.25, 0.3) is 0 Å². The van der Waals surface area contributed by atoms with Crippen LogP contribution in [-0.4, -0.2) is 36.0 Å². The summed E-state index contributed by atoms with van der Waals surface area (Å²) in [5.41, 5.74) is 1.11. The second-order valence-corrected chi connectivity index (χ2v) is 4.64. The summed E-state index contributed by atoms with van der Waals surface area (Å²) in [6.07, 6.45) is 2.35. The second-order valence-electron chi connectivity index (χ2n) is 4.20. The molecule has 0 bridgehead atoms. The maximum atomic E-state index is 11.4. The molecule has 6 nitrogen and oxygen atoms in total. The zero-order chi connectivity index (χ0) is 14.7. The summed E-state index contributed by atoms with van der Waals surface area (Å²) in [5, 5.41) is 11.3. The number of carbonyl (C=O) groups excluding carboxylic acids is 2. The van der Waals surface area contributed by atoms with E-state index in [4.69, 9.17) is 16.7 Å². The van der Waals surface area contributed by atoms with Crippen molar-refractivity contribution in [1.29, 1.82) is 0 Å². The fourth-order valence-electron chi connectivity index (χ4n) is 1.92. The quantitative estimate of drug-likeness (QED) is 0.639. The third kappa shape index (κ3) is 3.36. The molecule has 0 aromatic heterocycles. The Hall–Kier alpha value is -2.34. The molecule has 0 atom stereocenters. The van der Waals surface area contributed by atoms with E-state index in [1.165, 1.54) is 6.08 Å². The van der Waals surface area contributed by atoms with E-state index in [2.05, 4.69) is 5.32 Å². The number of carboxylic acids is 1. The molecule has 2 amide bonds. The molecule has 0 radical (unpaired) electrons. The highest BCUT2D eigenvalue weighted by Crippen LogP contribution is 2.26. The average molecular weight is 295 g/mol. The molecule has 1 saturated heterocycles. The van der Waals surface area contributed by atoms with Crippen molar-refractivity contribution >= 4 is 41.1 Å². The van der Waals surface area contributed by atoms with Crippen LogP contribution in [0.4, 0.5) is 5.69 Å². The Balaban J connectivity index is 2.37. The van der Waals surface area contributed by atoms with Gasteiger partial charge in [-0.25, -0.2) is 4.79 Å². The molecule has 0 spiro atoms. The molecule has 104 valence electrons. The number of carbonyl (C=O) groups is 3. The van der Waals surface area contributed by atoms with Crippen molar-refractivity contribution in [3.05, 3.63) is 34.9 Å². The fourth-order valence-corrected chi connectivity index (χ4v) is 2.10. The van der Waals surface area contributed by atoms with E-state index in [0.29, 0.717) is 16.3 Å². The van der Waals surface area contributed by atoms with Crippen LogP contribution in [0.15, 0.2) is 24.3 Å². The molecule has 1 aliphatic rings. The summed E-state index contributed by atoms with van der Waals surface area (Å²) in [6.45, 7) is 0.0581. The molecule has 0 saturated carbocycles. The van der Waals surface area contributed by atoms with Crippen molar-refractivity contribution in [1.82, 2.24) is 5.32 Å². The third-order valence-electron chi connectivity index (χ3n) is 2.68. The molecule has 1 aliphatic heterocycles. The number of aliphatic carboxylic acids is 1. The normalized spacial score (nSPS) is 15.6. The van der Waals surface area contributed by atoms with E-state index < -0.39 is 17.8 Å². The fraction of sp³-hybridized carbons (Fsp3) is 0.154. The van der Waals surface area contributed by atoms with E-state index in [9.17, 15) is 14.4 Å². The highest BCUT2D eigenvalue weighted by Gasteiger charge is 2.23. The van der Waals surface area contributed by atoms with Crippen LogP contribution in [0.2, 0.25) is 5.02 Å². The number of anilines is 1. The topological polar surface area (TPSA) is 86.7 Å². The monoisotopic (exact) mass is 294 g/mol. The van der Waals surface area contributed by atoms with Crippen LogP contribution in [-0.2, 0) is 14.4 Å². The van der Waals surface area contributed by atoms with Gasteiger partial charge in [0.15, 0.2) is 0 Å². The van der Waals surface area contributed by atoms with Crippen LogP contribution in [0.3, 0.4) is 0 Å². The Morgan fingerprint density at radius 1 is 1.30 bits per heavy atom. The van der Waals surface area contributed by atoms with Crippen LogP contribution in [0.1, 0.15) is 5.56 Å². The standard InChI is InChI=1S/C13H11ClN2O4/c14-9-2-3-10(8(5-9)1-4-13(19)20)16-6-11(17)15-12(18)7-16/h1-5H,6-7H2,(H,19,20)(H,15,17,18)/b4-1+. The van der Waals surface area contributed by atoms with Gasteiger partial charge in [-0.1, -0.05) is 11.6 Å². The first kappa shape index (κ1) is 14.1. The number of carboxylic acid groups (broad SMARTS) is 1. The van der Waals surface area contributed by atoms with Crippen molar-refractivity contribution in [2.24, 2.45) is 0 Å². The molecule has 2 rings (SSSR count). The number of imide groups is 1. The van der Waals surface area contributed by atoms with Crippen LogP contribution in [0.25, 0.3) is 6.08 Å². The van der Waals surface area contributed by atoms with E-state index in [0.717, 1.165) is 6.08 Å². The summed E-state index contributed by atoms with van der Waals surface area (Å²) in [4.78, 5) is 34.9. The van der Waals surface area contributed by atoms with Gasteiger partial charge in [-0.3, -0.25) is 14.9 Å². The van der Waals surface area contributed by atoms with Gasteiger partial charge in [0.2, 0.25) is 11.8 Å². The van der Waals surface area contributed by atoms with Gasteiger partial charge in [-0.15, -0.1) is 0 Å². The highest BCUT2D eigenvalue weighted by molar-refractivity contribution is 6.30. The van der Waals surface area contributed by atoms with Crippen LogP contribution >= 0.6 is 11.6 Å². The smallest absolute Gasteiger partial charge is 0.328 e. The van der Waals surface area contributed by atoms with Crippen LogP contribution in [0.5, 0.6) is 0 Å². The first-order valence-corrected chi connectivity index (χ1v) is 6.11. The molecular formula is C13H11ClN2O4. The third-order valence-corrected chi connectivity index (χ3v) is 2.92. The number of hydrogen-bond acceptors (Lipinski definition) is 4. The van der Waals surface area contributed by atoms with Gasteiger partial charge in [-0.2, -0.15) is 0 Å². The Morgan fingerprint density at radius 3 is 2.55 bits per heavy atom. The summed E-state index contributed by atoms with van der Waals surface area (Å²) in [7, 11) is 0. The van der Waals surface area contributed by atoms with Crippen molar-refractivity contribution in [3.63, 3.8) is 0 Å². The number of nitrogens with one attached hydrogen (secondary N) is 1. The van der Waals surface area contributed by atoms with E-state index >= 15 is 0 Å². The van der Waals surface area contributed by atoms with Crippen molar-refractivity contribution in [3.8, 4) is 0 Å². The Kier molecular flexibility index (Phi) is 4.05. The SMILES string of the molecule is O=C(O)/C=C/c1cc(Cl)ccc1N1CC(=O)NC(=O)C1. The lowest BCUT2D eigenvalue weighted by Gasteiger charge is -2.28. The maximum absolute atomic E-state index is 11.4. The van der Waals surface area contributed by atoms with E-state index in [1.54, 1.807) is 23.1 Å². The van der Waals surface area contributed by atoms with Gasteiger partial charge < -0.3 is 10.0 Å². The molecule has 1 heterocycles. The minimum Gasteiger partial charge on any atom is -0.478 e. The summed E-state index contributed by atoms with van der Waals surface area (Å²) < 4.78 is 0. The van der Waals surface area contributed by atoms with Crippen LogP contribution < -0.4 is 10.2 Å². The number of rotatable bonds is 3. The number of amides is 2. The molecule has 1 aromatic rings. The largest absolute Gasteiger partial charge is 0.478 e. The minimum absolute atomic E-state index is 0.0291. The van der Waals surface area contributed by atoms with Gasteiger partial charge in [0.1, 0.15) is 0 Å². The lowest BCUT2D eigenvalue weighted by atomic mass is 10.1. The van der Waals surface area contributed by atoms with Gasteiger partial charge in [-0.05, 0) is 29.8 Å². The molecule has 1 fully saturated rings. The number of halogens is 1. The molecule has 2 N–H and O–H groups in total.